The van der Waals surface area contributed by atoms with E-state index in [-0.39, 0.29) is 30.8 Å². The van der Waals surface area contributed by atoms with Crippen molar-refractivity contribution < 1.29 is 31.0 Å². The first-order valence-corrected chi connectivity index (χ1v) is 12.5. The maximum atomic E-state index is 13.0. The van der Waals surface area contributed by atoms with Gasteiger partial charge in [-0.1, -0.05) is 0 Å². The molecule has 0 N–H and O–H groups in total. The number of amides is 2. The molecule has 0 spiro atoms. The van der Waals surface area contributed by atoms with Gasteiger partial charge in [-0.15, -0.1) is 0 Å². The molecule has 0 aromatic carbocycles. The van der Waals surface area contributed by atoms with Crippen LogP contribution in [-0.2, 0) is 29.2 Å². The quantitative estimate of drug-likeness (QED) is 0.681. The molecule has 2 unspecified atom stereocenters. The Labute approximate surface area is 157 Å². The van der Waals surface area contributed by atoms with E-state index in [1.807, 2.05) is 0 Å². The Balaban J connectivity index is 1.65. The van der Waals surface area contributed by atoms with E-state index >= 15 is 0 Å². The van der Waals surface area contributed by atoms with Crippen LogP contribution in [0.2, 0.25) is 0 Å². The summed E-state index contributed by atoms with van der Waals surface area (Å²) in [6.07, 6.45) is 2.13. The lowest BCUT2D eigenvalue weighted by atomic mass is 10.1. The van der Waals surface area contributed by atoms with E-state index in [0.717, 1.165) is 5.41 Å². The predicted molar refractivity (Wildman–Crippen MR) is 95.3 cm³/mol. The summed E-state index contributed by atoms with van der Waals surface area (Å²) in [5.41, 5.74) is 0.0411. The summed E-state index contributed by atoms with van der Waals surface area (Å²) in [4.78, 5) is 25.6. The van der Waals surface area contributed by atoms with Crippen molar-refractivity contribution in [1.29, 1.82) is 0 Å². The number of alkyl halides is 2. The number of hydrogen-bond donors (Lipinski definition) is 0. The number of hydrogen-bond acceptors (Lipinski definition) is 5. The molecule has 3 rings (SSSR count). The molecule has 2 aliphatic heterocycles. The Morgan fingerprint density at radius 1 is 1.30 bits per heavy atom. The van der Waals surface area contributed by atoms with Gasteiger partial charge in [-0.3, -0.25) is 9.59 Å². The maximum Gasteiger partial charge on any atom is 0.281 e. The first-order chi connectivity index (χ1) is 12.4. The molecule has 152 valence electrons. The van der Waals surface area contributed by atoms with Gasteiger partial charge in [-0.25, -0.2) is 21.4 Å². The fourth-order valence-electron chi connectivity index (χ4n) is 3.47. The third-order valence-corrected chi connectivity index (χ3v) is 8.97. The van der Waals surface area contributed by atoms with Gasteiger partial charge in [0.15, 0.2) is 9.84 Å². The average Bonchev–Trinajstić information content (AvgIpc) is 3.21. The summed E-state index contributed by atoms with van der Waals surface area (Å²) in [6, 6.07) is 0. The van der Waals surface area contributed by atoms with E-state index in [1.165, 1.54) is 11.2 Å². The molecule has 0 aromatic heterocycles. The van der Waals surface area contributed by atoms with Crippen molar-refractivity contribution in [1.82, 2.24) is 4.90 Å². The van der Waals surface area contributed by atoms with Crippen LogP contribution in [0.4, 0.5) is 8.78 Å². The highest BCUT2D eigenvalue weighted by molar-refractivity contribution is 7.94. The number of rotatable bonds is 3. The Kier molecular flexibility index (Phi) is 5.21. The van der Waals surface area contributed by atoms with Crippen LogP contribution in [0.25, 0.3) is 0 Å². The lowest BCUT2D eigenvalue weighted by Crippen LogP contribution is -2.43. The van der Waals surface area contributed by atoms with E-state index in [2.05, 4.69) is 4.36 Å². The van der Waals surface area contributed by atoms with Crippen LogP contribution in [0, 0.1) is 5.92 Å². The smallest absolute Gasteiger partial charge is 0.281 e. The van der Waals surface area contributed by atoms with Gasteiger partial charge in [0, 0.05) is 42.0 Å². The highest BCUT2D eigenvalue weighted by Gasteiger charge is 2.62. The Morgan fingerprint density at radius 3 is 2.41 bits per heavy atom. The van der Waals surface area contributed by atoms with Crippen LogP contribution in [0.5, 0.6) is 0 Å². The minimum Gasteiger partial charge on any atom is -0.342 e. The highest BCUT2D eigenvalue weighted by Crippen LogP contribution is 2.49. The van der Waals surface area contributed by atoms with Crippen molar-refractivity contribution in [3.8, 4) is 0 Å². The molecule has 27 heavy (non-hydrogen) atoms. The van der Waals surface area contributed by atoms with Gasteiger partial charge in [0.2, 0.25) is 5.91 Å². The molecule has 1 saturated carbocycles. The SMILES string of the molecule is CS(=O)(=NC(=O)C1=CS(=O)(=O)CCC1)C1CCN(C(=O)C2CC2(F)F)CC1. The van der Waals surface area contributed by atoms with E-state index in [9.17, 15) is 31.0 Å². The van der Waals surface area contributed by atoms with E-state index in [1.54, 1.807) is 0 Å². The summed E-state index contributed by atoms with van der Waals surface area (Å²) in [5, 5.41) is 0.459. The van der Waals surface area contributed by atoms with Crippen molar-refractivity contribution in [3.05, 3.63) is 11.0 Å². The van der Waals surface area contributed by atoms with Gasteiger partial charge < -0.3 is 4.90 Å². The van der Waals surface area contributed by atoms with Crippen LogP contribution in [0.3, 0.4) is 0 Å². The van der Waals surface area contributed by atoms with Crippen molar-refractivity contribution in [2.45, 2.75) is 43.3 Å². The van der Waals surface area contributed by atoms with Gasteiger partial charge in [-0.2, -0.15) is 4.36 Å². The van der Waals surface area contributed by atoms with Crippen molar-refractivity contribution in [2.75, 3.05) is 25.1 Å². The summed E-state index contributed by atoms with van der Waals surface area (Å²) in [6.45, 7) is 0.392. The normalized spacial score (nSPS) is 29.4. The van der Waals surface area contributed by atoms with Gasteiger partial charge in [-0.05, 0) is 25.7 Å². The zero-order chi connectivity index (χ0) is 20.0. The number of carbonyl (C=O) groups is 2. The average molecular weight is 424 g/mol. The van der Waals surface area contributed by atoms with E-state index in [0.29, 0.717) is 19.3 Å². The van der Waals surface area contributed by atoms with Gasteiger partial charge in [0.05, 0.1) is 15.5 Å². The molecular weight excluding hydrogens is 402 g/mol. The summed E-state index contributed by atoms with van der Waals surface area (Å²) >= 11 is 0. The number of sulfone groups is 1. The maximum absolute atomic E-state index is 13.0. The van der Waals surface area contributed by atoms with Crippen LogP contribution >= 0.6 is 0 Å². The highest BCUT2D eigenvalue weighted by atomic mass is 32.2. The van der Waals surface area contributed by atoms with Crippen molar-refractivity contribution >= 4 is 31.4 Å². The minimum atomic E-state index is -3.43. The summed E-state index contributed by atoms with van der Waals surface area (Å²) in [7, 11) is -6.37. The number of carbonyl (C=O) groups excluding carboxylic acids is 2. The molecule has 0 aromatic rings. The second-order valence-corrected chi connectivity index (χ2v) is 12.0. The first kappa shape index (κ1) is 20.4. The molecule has 2 amide bonds. The van der Waals surface area contributed by atoms with Crippen LogP contribution < -0.4 is 0 Å². The lowest BCUT2D eigenvalue weighted by molar-refractivity contribution is -0.135. The molecule has 7 nitrogen and oxygen atoms in total. The largest absolute Gasteiger partial charge is 0.342 e. The topological polar surface area (TPSA) is 101 Å². The van der Waals surface area contributed by atoms with Crippen LogP contribution in [0.15, 0.2) is 15.3 Å². The first-order valence-electron chi connectivity index (χ1n) is 8.76. The van der Waals surface area contributed by atoms with E-state index < -0.39 is 54.9 Å². The van der Waals surface area contributed by atoms with Crippen LogP contribution in [0.1, 0.15) is 32.1 Å². The zero-order valence-corrected chi connectivity index (χ0v) is 16.5. The van der Waals surface area contributed by atoms with Gasteiger partial charge in [0.25, 0.3) is 11.8 Å². The number of piperidine rings is 1. The third-order valence-electron chi connectivity index (χ3n) is 5.23. The molecule has 2 heterocycles. The molecule has 2 atom stereocenters. The fraction of sp³-hybridized carbons (Fsp3) is 0.750. The molecule has 11 heteroatoms. The molecule has 3 aliphatic rings. The van der Waals surface area contributed by atoms with Crippen molar-refractivity contribution in [3.63, 3.8) is 0 Å². The number of nitrogens with zero attached hydrogens (tertiary/aromatic N) is 2. The summed E-state index contributed by atoms with van der Waals surface area (Å²) < 4.78 is 66.0. The second kappa shape index (κ2) is 6.91. The van der Waals surface area contributed by atoms with Crippen molar-refractivity contribution in [2.24, 2.45) is 10.3 Å². The molecule has 1 aliphatic carbocycles. The predicted octanol–water partition coefficient (Wildman–Crippen LogP) is 1.35. The Morgan fingerprint density at radius 2 is 1.89 bits per heavy atom. The number of likely N-dealkylation sites (tertiary alicyclic amines) is 1. The monoisotopic (exact) mass is 424 g/mol. The molecular formula is C16H22F2N2O5S2. The third kappa shape index (κ3) is 4.56. The Bertz CT molecular complexity index is 911. The van der Waals surface area contributed by atoms with Gasteiger partial charge in [0.1, 0.15) is 5.92 Å². The minimum absolute atomic E-state index is 0.0161. The lowest BCUT2D eigenvalue weighted by Gasteiger charge is -2.32. The Hall–Kier alpha value is -1.36. The van der Waals surface area contributed by atoms with Gasteiger partial charge >= 0.3 is 0 Å². The molecule has 0 radical (unpaired) electrons. The number of halogens is 2. The fourth-order valence-corrected chi connectivity index (χ4v) is 6.47. The zero-order valence-electron chi connectivity index (χ0n) is 14.9. The van der Waals surface area contributed by atoms with E-state index in [4.69, 9.17) is 0 Å². The molecule has 0 bridgehead atoms. The molecule has 1 saturated heterocycles. The van der Waals surface area contributed by atoms with Crippen LogP contribution in [-0.4, -0.2) is 65.6 Å². The summed E-state index contributed by atoms with van der Waals surface area (Å²) in [5.74, 6) is -5.53. The second-order valence-electron chi connectivity index (χ2n) is 7.41. The molecule has 2 fully saturated rings. The standard InChI is InChI=1S/C16H22F2N2O5S2/c1-26(23,19-14(21)11-3-2-8-27(24,25)10-11)12-4-6-20(7-5-12)15(22)13-9-16(13,17)18/h10,12-13H,2-9H2,1H3.